The molecule has 0 unspecified atom stereocenters. The van der Waals surface area contributed by atoms with Crippen LogP contribution in [0.5, 0.6) is 0 Å². The summed E-state index contributed by atoms with van der Waals surface area (Å²) in [6.07, 6.45) is 2.98. The monoisotopic (exact) mass is 314 g/mol. The van der Waals surface area contributed by atoms with Crippen molar-refractivity contribution in [2.75, 3.05) is 47.9 Å². The van der Waals surface area contributed by atoms with Crippen LogP contribution < -0.4 is 0 Å². The fourth-order valence-corrected chi connectivity index (χ4v) is 4.27. The molecule has 0 aromatic rings. The molecule has 0 aromatic carbocycles. The van der Waals surface area contributed by atoms with Crippen molar-refractivity contribution in [2.45, 2.75) is 56.5 Å². The zero-order valence-electron chi connectivity index (χ0n) is 15.1. The molecule has 2 fully saturated rings. The molecule has 130 valence electrons. The van der Waals surface area contributed by atoms with Crippen molar-refractivity contribution in [2.24, 2.45) is 5.92 Å². The molecule has 4 atom stereocenters. The van der Waals surface area contributed by atoms with Gasteiger partial charge in [-0.15, -0.1) is 0 Å². The van der Waals surface area contributed by atoms with Crippen molar-refractivity contribution in [1.82, 2.24) is 9.80 Å². The van der Waals surface area contributed by atoms with E-state index in [2.05, 4.69) is 44.8 Å². The first kappa shape index (κ1) is 18.1. The third-order valence-electron chi connectivity index (χ3n) is 5.41. The van der Waals surface area contributed by atoms with Crippen LogP contribution in [-0.4, -0.2) is 86.2 Å². The summed E-state index contributed by atoms with van der Waals surface area (Å²) in [5.41, 5.74) is -0.934. The van der Waals surface area contributed by atoms with E-state index in [0.717, 1.165) is 32.4 Å². The lowest BCUT2D eigenvalue weighted by atomic mass is 9.78. The molecule has 5 heteroatoms. The van der Waals surface area contributed by atoms with Crippen LogP contribution in [0.3, 0.4) is 0 Å². The molecule has 0 bridgehead atoms. The molecule has 0 amide bonds. The Morgan fingerprint density at radius 1 is 1.23 bits per heavy atom. The Morgan fingerprint density at radius 3 is 2.50 bits per heavy atom. The number of hydrogen-bond donors (Lipinski definition) is 1. The Balaban J connectivity index is 2.07. The Hall–Kier alpha value is -0.200. The van der Waals surface area contributed by atoms with Crippen molar-refractivity contribution in [3.8, 4) is 0 Å². The van der Waals surface area contributed by atoms with E-state index in [4.69, 9.17) is 9.47 Å². The number of fused-ring (bicyclic) bond motifs is 1. The molecule has 1 saturated carbocycles. The molecule has 1 heterocycles. The van der Waals surface area contributed by atoms with Gasteiger partial charge < -0.3 is 19.5 Å². The number of aliphatic hydroxyl groups is 1. The minimum Gasteiger partial charge on any atom is -0.385 e. The highest BCUT2D eigenvalue weighted by molar-refractivity contribution is 5.11. The maximum Gasteiger partial charge on any atom is 0.109 e. The summed E-state index contributed by atoms with van der Waals surface area (Å²) in [5.74, 6) is 0.252. The molecule has 2 rings (SSSR count). The number of ether oxygens (including phenoxy) is 2. The fraction of sp³-hybridized carbons (Fsp3) is 1.00. The van der Waals surface area contributed by atoms with E-state index >= 15 is 0 Å². The standard InChI is InChI=1S/C17H34N2O3/c1-16(2)11-13-10-14(21-6)15(17(13,20)12-22-16)19(5)9-7-8-18(3)4/h13-15,20H,7-12H2,1-6H3/t13-,14-,15+,17+/m1/s1. The van der Waals surface area contributed by atoms with Gasteiger partial charge in [0.05, 0.1) is 24.4 Å². The number of likely N-dealkylation sites (N-methyl/N-ethyl adjacent to an activating group) is 1. The second-order valence-corrected chi connectivity index (χ2v) is 8.03. The fourth-order valence-electron chi connectivity index (χ4n) is 4.27. The molecule has 0 aromatic heterocycles. The Bertz CT molecular complexity index is 375. The van der Waals surface area contributed by atoms with Crippen LogP contribution >= 0.6 is 0 Å². The van der Waals surface area contributed by atoms with Crippen LogP contribution in [0, 0.1) is 5.92 Å². The molecule has 0 spiro atoms. The van der Waals surface area contributed by atoms with Gasteiger partial charge in [0.15, 0.2) is 0 Å². The van der Waals surface area contributed by atoms with Crippen molar-refractivity contribution < 1.29 is 14.6 Å². The summed E-state index contributed by atoms with van der Waals surface area (Å²) in [5, 5.41) is 11.3. The maximum atomic E-state index is 11.3. The highest BCUT2D eigenvalue weighted by Gasteiger charge is 2.59. The highest BCUT2D eigenvalue weighted by atomic mass is 16.5. The van der Waals surface area contributed by atoms with Crippen molar-refractivity contribution in [3.05, 3.63) is 0 Å². The number of rotatable bonds is 6. The molecular formula is C17H34N2O3. The van der Waals surface area contributed by atoms with Crippen molar-refractivity contribution in [1.29, 1.82) is 0 Å². The van der Waals surface area contributed by atoms with E-state index in [1.165, 1.54) is 0 Å². The Kier molecular flexibility index (Phi) is 5.55. The lowest BCUT2D eigenvalue weighted by molar-refractivity contribution is -0.196. The third kappa shape index (κ3) is 3.65. The van der Waals surface area contributed by atoms with Gasteiger partial charge in [-0.1, -0.05) is 0 Å². The van der Waals surface area contributed by atoms with Gasteiger partial charge in [0, 0.05) is 7.11 Å². The van der Waals surface area contributed by atoms with Crippen LogP contribution in [0.25, 0.3) is 0 Å². The Morgan fingerprint density at radius 2 is 1.91 bits per heavy atom. The molecule has 0 radical (unpaired) electrons. The van der Waals surface area contributed by atoms with Gasteiger partial charge in [0.2, 0.25) is 0 Å². The van der Waals surface area contributed by atoms with E-state index in [-0.39, 0.29) is 23.7 Å². The molecule has 22 heavy (non-hydrogen) atoms. The number of methoxy groups -OCH3 is 1. The van der Waals surface area contributed by atoms with Crippen LogP contribution in [0.15, 0.2) is 0 Å². The third-order valence-corrected chi connectivity index (χ3v) is 5.41. The second kappa shape index (κ2) is 6.73. The van der Waals surface area contributed by atoms with E-state index < -0.39 is 5.60 Å². The first-order valence-electron chi connectivity index (χ1n) is 8.44. The minimum absolute atomic E-state index is 0.0146. The summed E-state index contributed by atoms with van der Waals surface area (Å²) in [6, 6.07) is 0.0146. The first-order valence-corrected chi connectivity index (χ1v) is 8.44. The van der Waals surface area contributed by atoms with Gasteiger partial charge in [-0.2, -0.15) is 0 Å². The average molecular weight is 314 g/mol. The predicted octanol–water partition coefficient (Wildman–Crippen LogP) is 1.20. The van der Waals surface area contributed by atoms with Gasteiger partial charge in [0.25, 0.3) is 0 Å². The van der Waals surface area contributed by atoms with Gasteiger partial charge in [-0.25, -0.2) is 0 Å². The second-order valence-electron chi connectivity index (χ2n) is 8.03. The summed E-state index contributed by atoms with van der Waals surface area (Å²) >= 11 is 0. The summed E-state index contributed by atoms with van der Waals surface area (Å²) in [4.78, 5) is 4.47. The normalized spacial score (nSPS) is 37.8. The topological polar surface area (TPSA) is 45.2 Å². The van der Waals surface area contributed by atoms with Crippen molar-refractivity contribution in [3.63, 3.8) is 0 Å². The van der Waals surface area contributed by atoms with E-state index in [0.29, 0.717) is 6.61 Å². The van der Waals surface area contributed by atoms with Gasteiger partial charge in [0.1, 0.15) is 5.60 Å². The highest BCUT2D eigenvalue weighted by Crippen LogP contribution is 2.48. The molecule has 1 saturated heterocycles. The zero-order valence-corrected chi connectivity index (χ0v) is 15.1. The lowest BCUT2D eigenvalue weighted by Gasteiger charge is -2.47. The molecule has 2 aliphatic rings. The average Bonchev–Trinajstić information content (AvgIpc) is 2.69. The molecule has 1 aliphatic heterocycles. The van der Waals surface area contributed by atoms with Crippen molar-refractivity contribution >= 4 is 0 Å². The SMILES string of the molecule is CO[C@@H]1C[C@@H]2CC(C)(C)OC[C@@]2(O)[C@H]1N(C)CCCN(C)C. The summed E-state index contributed by atoms with van der Waals surface area (Å²) in [6.45, 7) is 6.65. The number of nitrogens with zero attached hydrogens (tertiary/aromatic N) is 2. The number of hydrogen-bond acceptors (Lipinski definition) is 5. The van der Waals surface area contributed by atoms with E-state index in [1.807, 2.05) is 0 Å². The quantitative estimate of drug-likeness (QED) is 0.798. The van der Waals surface area contributed by atoms with Crippen LogP contribution in [0.4, 0.5) is 0 Å². The van der Waals surface area contributed by atoms with Gasteiger partial charge in [-0.05, 0) is 73.3 Å². The van der Waals surface area contributed by atoms with Gasteiger partial charge >= 0.3 is 0 Å². The summed E-state index contributed by atoms with van der Waals surface area (Å²) in [7, 11) is 8.05. The van der Waals surface area contributed by atoms with Crippen LogP contribution in [-0.2, 0) is 9.47 Å². The van der Waals surface area contributed by atoms with Gasteiger partial charge in [-0.3, -0.25) is 4.90 Å². The largest absolute Gasteiger partial charge is 0.385 e. The molecular weight excluding hydrogens is 280 g/mol. The smallest absolute Gasteiger partial charge is 0.109 e. The molecule has 1 aliphatic carbocycles. The molecule has 1 N–H and O–H groups in total. The van der Waals surface area contributed by atoms with Crippen LogP contribution in [0.1, 0.15) is 33.1 Å². The zero-order chi connectivity index (χ0) is 16.5. The van der Waals surface area contributed by atoms with E-state index in [9.17, 15) is 5.11 Å². The van der Waals surface area contributed by atoms with Crippen LogP contribution in [0.2, 0.25) is 0 Å². The summed E-state index contributed by atoms with van der Waals surface area (Å²) < 4.78 is 11.7. The van der Waals surface area contributed by atoms with E-state index in [1.54, 1.807) is 7.11 Å². The maximum absolute atomic E-state index is 11.3. The lowest BCUT2D eigenvalue weighted by Crippen LogP contribution is -2.61. The molecule has 5 nitrogen and oxygen atoms in total. The predicted molar refractivity (Wildman–Crippen MR) is 88.1 cm³/mol. The minimum atomic E-state index is -0.789. The first-order chi connectivity index (χ1) is 10.2. The Labute approximate surface area is 135 Å².